The van der Waals surface area contributed by atoms with Crippen LogP contribution in [0, 0.1) is 11.8 Å². The number of hydrogen-bond acceptors (Lipinski definition) is 7. The van der Waals surface area contributed by atoms with Crippen molar-refractivity contribution in [2.75, 3.05) is 23.8 Å². The van der Waals surface area contributed by atoms with Crippen molar-refractivity contribution in [1.82, 2.24) is 4.31 Å². The highest BCUT2D eigenvalue weighted by atomic mass is 32.2. The second kappa shape index (κ2) is 17.3. The molecular weight excluding hydrogens is 723 g/mol. The van der Waals surface area contributed by atoms with Crippen LogP contribution >= 0.6 is 0 Å². The highest BCUT2D eigenvalue weighted by Gasteiger charge is 2.35. The summed E-state index contributed by atoms with van der Waals surface area (Å²) in [6, 6.07) is 24.4. The molecule has 2 saturated carbocycles. The molecule has 0 bridgehead atoms. The Hall–Kier alpha value is -5.53. The number of carbonyl (C=O) groups is 4. The van der Waals surface area contributed by atoms with Gasteiger partial charge in [-0.3, -0.25) is 14.4 Å². The first-order valence-corrected chi connectivity index (χ1v) is 20.0. The van der Waals surface area contributed by atoms with E-state index in [0.29, 0.717) is 62.5 Å². The van der Waals surface area contributed by atoms with Crippen molar-refractivity contribution in [3.05, 3.63) is 119 Å². The third kappa shape index (κ3) is 9.97. The number of aliphatic carboxylic acids is 1. The van der Waals surface area contributed by atoms with Gasteiger partial charge in [0.15, 0.2) is 0 Å². The molecular formula is C42H45N3O9S. The van der Waals surface area contributed by atoms with Crippen LogP contribution in [0.1, 0.15) is 87.6 Å². The van der Waals surface area contributed by atoms with E-state index in [4.69, 9.17) is 9.84 Å². The van der Waals surface area contributed by atoms with Gasteiger partial charge in [0, 0.05) is 23.8 Å². The molecule has 2 aliphatic rings. The lowest BCUT2D eigenvalue weighted by atomic mass is 9.86. The molecule has 2 aliphatic carbocycles. The maximum atomic E-state index is 13.8. The summed E-state index contributed by atoms with van der Waals surface area (Å²) in [5, 5.41) is 24.2. The lowest BCUT2D eigenvalue weighted by Crippen LogP contribution is -2.42. The Morgan fingerprint density at radius 1 is 0.745 bits per heavy atom. The number of nitrogens with one attached hydrogen (secondary N) is 2. The molecule has 6 rings (SSSR count). The van der Waals surface area contributed by atoms with Gasteiger partial charge in [-0.1, -0.05) is 37.3 Å². The number of carboxylic acid groups (broad SMARTS) is 2. The number of nitrogens with zero attached hydrogens (tertiary/aromatic N) is 1. The van der Waals surface area contributed by atoms with E-state index in [1.165, 1.54) is 28.6 Å². The first kappa shape index (κ1) is 39.2. The molecule has 13 heteroatoms. The molecule has 4 aromatic rings. The normalized spacial score (nSPS) is 17.0. The average Bonchev–Trinajstić information content (AvgIpc) is 4.02. The third-order valence-electron chi connectivity index (χ3n) is 10.2. The smallest absolute Gasteiger partial charge is 0.335 e. The molecule has 4 aromatic carbocycles. The van der Waals surface area contributed by atoms with Crippen LogP contribution in [-0.2, 0) is 27.7 Å². The quantitative estimate of drug-likeness (QED) is 0.0924. The second-order valence-electron chi connectivity index (χ2n) is 14.1. The number of rotatable bonds is 16. The van der Waals surface area contributed by atoms with Crippen molar-refractivity contribution in [3.63, 3.8) is 0 Å². The number of ether oxygens (including phenoxy) is 1. The number of benzene rings is 4. The molecule has 12 nitrogen and oxygen atoms in total. The summed E-state index contributed by atoms with van der Waals surface area (Å²) >= 11 is 0. The van der Waals surface area contributed by atoms with Crippen molar-refractivity contribution in [1.29, 1.82) is 0 Å². The summed E-state index contributed by atoms with van der Waals surface area (Å²) in [5.74, 6) is -2.45. The van der Waals surface area contributed by atoms with E-state index >= 15 is 0 Å². The maximum Gasteiger partial charge on any atom is 0.335 e. The van der Waals surface area contributed by atoms with Gasteiger partial charge in [-0.15, -0.1) is 0 Å². The number of anilines is 2. The van der Waals surface area contributed by atoms with Crippen LogP contribution < -0.4 is 15.4 Å². The van der Waals surface area contributed by atoms with E-state index in [-0.39, 0.29) is 39.9 Å². The van der Waals surface area contributed by atoms with Gasteiger partial charge in [0.25, 0.3) is 11.8 Å². The van der Waals surface area contributed by atoms with Crippen LogP contribution in [0.4, 0.5) is 11.4 Å². The SMILES string of the molecule is CCN(C1CCC(C(=O)O)CC1)S(=O)(=O)c1cccc(C(=O)Nc2ccc(OCC3CC3)cc2C(=O)Nc2ccc(CCc3ccc(C(=O)O)cc3)cc2)c1. The van der Waals surface area contributed by atoms with Crippen LogP contribution in [0.5, 0.6) is 5.75 Å². The highest BCUT2D eigenvalue weighted by Crippen LogP contribution is 2.33. The van der Waals surface area contributed by atoms with Gasteiger partial charge in [-0.25, -0.2) is 13.2 Å². The Kier molecular flexibility index (Phi) is 12.3. The number of aromatic carboxylic acids is 1. The van der Waals surface area contributed by atoms with Crippen LogP contribution in [-0.4, -0.2) is 65.9 Å². The molecule has 4 N–H and O–H groups in total. The summed E-state index contributed by atoms with van der Waals surface area (Å²) < 4.78 is 35.0. The number of hydrogen-bond donors (Lipinski definition) is 4. The lowest BCUT2D eigenvalue weighted by molar-refractivity contribution is -0.143. The Morgan fingerprint density at radius 2 is 1.40 bits per heavy atom. The van der Waals surface area contributed by atoms with E-state index in [9.17, 15) is 32.7 Å². The average molecular weight is 768 g/mol. The molecule has 55 heavy (non-hydrogen) atoms. The van der Waals surface area contributed by atoms with Gasteiger partial charge >= 0.3 is 11.9 Å². The fraction of sp³-hybridized carbons (Fsp3) is 0.333. The zero-order chi connectivity index (χ0) is 39.1. The number of amides is 2. The molecule has 0 saturated heterocycles. The summed E-state index contributed by atoms with van der Waals surface area (Å²) in [5.41, 5.74) is 3.27. The first-order valence-electron chi connectivity index (χ1n) is 18.6. The molecule has 0 heterocycles. The standard InChI is InChI=1S/C42H45N3O9S/c1-2-45(34-20-16-31(17-21-34)42(50)51)55(52,53)36-5-3-4-32(24-36)39(46)44-38-23-22-35(54-26-29-8-9-29)25-37(38)40(47)43-33-18-12-28(13-19-33)7-6-27-10-14-30(15-11-27)41(48)49/h3-5,10-15,18-19,22-25,29,31,34H,2,6-9,16-17,20-21,26H2,1H3,(H,43,47)(H,44,46)(H,48,49)(H,50,51). The van der Waals surface area contributed by atoms with Gasteiger partial charge in [-0.2, -0.15) is 4.31 Å². The summed E-state index contributed by atoms with van der Waals surface area (Å²) in [6.07, 6.45) is 5.27. The number of aryl methyl sites for hydroxylation is 2. The molecule has 0 spiro atoms. The maximum absolute atomic E-state index is 13.8. The minimum absolute atomic E-state index is 0.0521. The predicted molar refractivity (Wildman–Crippen MR) is 207 cm³/mol. The second-order valence-corrected chi connectivity index (χ2v) is 16.0. The highest BCUT2D eigenvalue weighted by molar-refractivity contribution is 7.89. The van der Waals surface area contributed by atoms with Crippen LogP contribution in [0.15, 0.2) is 95.9 Å². The molecule has 0 aromatic heterocycles. The zero-order valence-corrected chi connectivity index (χ0v) is 31.4. The molecule has 0 aliphatic heterocycles. The molecule has 2 fully saturated rings. The van der Waals surface area contributed by atoms with Crippen LogP contribution in [0.2, 0.25) is 0 Å². The number of sulfonamides is 1. The van der Waals surface area contributed by atoms with Crippen LogP contribution in [0.25, 0.3) is 0 Å². The Balaban J connectivity index is 1.15. The molecule has 0 atom stereocenters. The van der Waals surface area contributed by atoms with Crippen molar-refractivity contribution >= 4 is 45.2 Å². The van der Waals surface area contributed by atoms with Crippen molar-refractivity contribution in [3.8, 4) is 5.75 Å². The fourth-order valence-corrected chi connectivity index (χ4v) is 8.57. The topological polar surface area (TPSA) is 179 Å². The monoisotopic (exact) mass is 767 g/mol. The van der Waals surface area contributed by atoms with Gasteiger partial charge in [-0.05, 0) is 129 Å². The molecule has 2 amide bonds. The lowest BCUT2D eigenvalue weighted by Gasteiger charge is -2.34. The number of carboxylic acids is 2. The minimum Gasteiger partial charge on any atom is -0.493 e. The molecule has 0 radical (unpaired) electrons. The van der Waals surface area contributed by atoms with E-state index in [1.807, 2.05) is 12.1 Å². The van der Waals surface area contributed by atoms with E-state index in [0.717, 1.165) is 24.0 Å². The Bertz CT molecular complexity index is 2140. The minimum atomic E-state index is -4.01. The largest absolute Gasteiger partial charge is 0.493 e. The summed E-state index contributed by atoms with van der Waals surface area (Å²) in [4.78, 5) is 49.9. The summed E-state index contributed by atoms with van der Waals surface area (Å²) in [6.45, 7) is 2.46. The van der Waals surface area contributed by atoms with E-state index in [2.05, 4.69) is 10.6 Å². The van der Waals surface area contributed by atoms with Gasteiger partial charge < -0.3 is 25.6 Å². The summed E-state index contributed by atoms with van der Waals surface area (Å²) in [7, 11) is -4.01. The van der Waals surface area contributed by atoms with E-state index in [1.54, 1.807) is 61.5 Å². The predicted octanol–water partition coefficient (Wildman–Crippen LogP) is 7.12. The van der Waals surface area contributed by atoms with Crippen molar-refractivity contribution in [2.45, 2.75) is 69.2 Å². The fourth-order valence-electron chi connectivity index (χ4n) is 6.83. The Morgan fingerprint density at radius 3 is 2.00 bits per heavy atom. The number of carbonyl (C=O) groups excluding carboxylic acids is 2. The zero-order valence-electron chi connectivity index (χ0n) is 30.6. The van der Waals surface area contributed by atoms with Gasteiger partial charge in [0.05, 0.1) is 34.2 Å². The Labute approximate surface area is 320 Å². The third-order valence-corrected chi connectivity index (χ3v) is 12.3. The van der Waals surface area contributed by atoms with Gasteiger partial charge in [0.1, 0.15) is 5.75 Å². The van der Waals surface area contributed by atoms with Gasteiger partial charge in [0.2, 0.25) is 10.0 Å². The molecule has 0 unspecified atom stereocenters. The molecule has 288 valence electrons. The van der Waals surface area contributed by atoms with Crippen molar-refractivity contribution in [2.24, 2.45) is 11.8 Å². The van der Waals surface area contributed by atoms with Crippen molar-refractivity contribution < 1.29 is 42.5 Å². The first-order chi connectivity index (χ1) is 26.4. The van der Waals surface area contributed by atoms with E-state index < -0.39 is 39.7 Å². The van der Waals surface area contributed by atoms with Crippen LogP contribution in [0.3, 0.4) is 0 Å².